The maximum Gasteiger partial charge on any atom is 0.328 e. The van der Waals surface area contributed by atoms with E-state index in [0.29, 0.717) is 19.8 Å². The minimum atomic E-state index is -3.52. The van der Waals surface area contributed by atoms with E-state index in [1.165, 1.54) is 19.3 Å². The summed E-state index contributed by atoms with van der Waals surface area (Å²) in [5, 5.41) is 0. The van der Waals surface area contributed by atoms with Gasteiger partial charge in [0.15, 0.2) is 0 Å². The fourth-order valence-electron chi connectivity index (χ4n) is 2.36. The first-order chi connectivity index (χ1) is 12.1. The van der Waals surface area contributed by atoms with Gasteiger partial charge in [0, 0.05) is 19.4 Å². The molecule has 0 aromatic carbocycles. The Morgan fingerprint density at radius 1 is 0.800 bits per heavy atom. The number of rotatable bonds is 19. The van der Waals surface area contributed by atoms with Gasteiger partial charge in [-0.15, -0.1) is 0 Å². The van der Waals surface area contributed by atoms with Gasteiger partial charge in [0.25, 0.3) is 0 Å². The highest BCUT2D eigenvalue weighted by Gasteiger charge is 2.21. The van der Waals surface area contributed by atoms with E-state index < -0.39 is 7.60 Å². The van der Waals surface area contributed by atoms with E-state index in [-0.39, 0.29) is 18.9 Å². The second kappa shape index (κ2) is 17.5. The van der Waals surface area contributed by atoms with Crippen molar-refractivity contribution < 1.29 is 23.5 Å². The molecule has 0 spiro atoms. The van der Waals surface area contributed by atoms with Crippen LogP contribution in [0.2, 0.25) is 0 Å². The van der Waals surface area contributed by atoms with Crippen LogP contribution in [0.4, 0.5) is 0 Å². The lowest BCUT2D eigenvalue weighted by molar-refractivity contribution is -0.0398. The zero-order valence-corrected chi connectivity index (χ0v) is 17.6. The zero-order chi connectivity index (χ0) is 18.8. The number of hydrogen-bond acceptors (Lipinski definition) is 4. The summed E-state index contributed by atoms with van der Waals surface area (Å²) in [6.07, 6.45) is 10.6. The Hall–Kier alpha value is 0.0700. The second-order valence-corrected chi connectivity index (χ2v) is 8.68. The van der Waals surface area contributed by atoms with Gasteiger partial charge in [0.1, 0.15) is 6.10 Å². The minimum absolute atomic E-state index is 0.124. The van der Waals surface area contributed by atoms with Gasteiger partial charge in [0.05, 0.1) is 13.2 Å². The molecule has 0 fully saturated rings. The SMILES string of the molecule is CCCCCCCCP(=O)(O)OC[C@@H](COCCCC)OCCCC. The largest absolute Gasteiger partial charge is 0.379 e. The first kappa shape index (κ1) is 25.1. The molecule has 1 unspecified atom stereocenters. The van der Waals surface area contributed by atoms with Crippen molar-refractivity contribution in [3.63, 3.8) is 0 Å². The van der Waals surface area contributed by atoms with Crippen LogP contribution in [0.1, 0.15) is 85.0 Å². The molecule has 0 saturated carbocycles. The molecule has 0 rings (SSSR count). The molecular formula is C19H41O5P. The van der Waals surface area contributed by atoms with Gasteiger partial charge in [-0.3, -0.25) is 4.57 Å². The van der Waals surface area contributed by atoms with E-state index in [2.05, 4.69) is 20.8 Å². The van der Waals surface area contributed by atoms with Crippen molar-refractivity contribution in [2.24, 2.45) is 0 Å². The van der Waals surface area contributed by atoms with Crippen LogP contribution >= 0.6 is 7.60 Å². The third-order valence-electron chi connectivity index (χ3n) is 4.05. The Morgan fingerprint density at radius 3 is 2.08 bits per heavy atom. The van der Waals surface area contributed by atoms with Crippen molar-refractivity contribution in [1.29, 1.82) is 0 Å². The summed E-state index contributed by atoms with van der Waals surface area (Å²) in [6.45, 7) is 8.27. The first-order valence-corrected chi connectivity index (χ1v) is 12.0. The van der Waals surface area contributed by atoms with E-state index in [4.69, 9.17) is 14.0 Å². The van der Waals surface area contributed by atoms with Gasteiger partial charge in [-0.1, -0.05) is 65.7 Å². The molecule has 0 saturated heterocycles. The number of ether oxygens (including phenoxy) is 2. The smallest absolute Gasteiger partial charge is 0.328 e. The van der Waals surface area contributed by atoms with Crippen molar-refractivity contribution in [2.45, 2.75) is 91.1 Å². The zero-order valence-electron chi connectivity index (χ0n) is 16.7. The Morgan fingerprint density at radius 2 is 1.40 bits per heavy atom. The molecule has 0 radical (unpaired) electrons. The van der Waals surface area contributed by atoms with Gasteiger partial charge in [-0.25, -0.2) is 0 Å². The molecule has 5 nitrogen and oxygen atoms in total. The van der Waals surface area contributed by atoms with Crippen LogP contribution in [0.15, 0.2) is 0 Å². The maximum atomic E-state index is 12.2. The summed E-state index contributed by atoms with van der Waals surface area (Å²) in [5.74, 6) is 0. The van der Waals surface area contributed by atoms with E-state index in [1.807, 2.05) is 0 Å². The quantitative estimate of drug-likeness (QED) is 0.235. The molecule has 0 aliphatic heterocycles. The van der Waals surface area contributed by atoms with Crippen LogP contribution in [-0.4, -0.2) is 43.6 Å². The normalized spacial score (nSPS) is 15.2. The summed E-state index contributed by atoms with van der Waals surface area (Å²) < 4.78 is 28.8. The molecule has 0 bridgehead atoms. The lowest BCUT2D eigenvalue weighted by Crippen LogP contribution is -2.26. The Balaban J connectivity index is 4.03. The molecule has 0 aromatic heterocycles. The highest BCUT2D eigenvalue weighted by molar-refractivity contribution is 7.52. The van der Waals surface area contributed by atoms with Crippen molar-refractivity contribution in [1.82, 2.24) is 0 Å². The number of unbranched alkanes of at least 4 members (excludes halogenated alkanes) is 7. The fourth-order valence-corrected chi connectivity index (χ4v) is 3.51. The Labute approximate surface area is 155 Å². The molecule has 0 heterocycles. The van der Waals surface area contributed by atoms with Crippen LogP contribution in [0.5, 0.6) is 0 Å². The fraction of sp³-hybridized carbons (Fsp3) is 1.00. The average Bonchev–Trinajstić information content (AvgIpc) is 2.59. The molecule has 152 valence electrons. The van der Waals surface area contributed by atoms with Crippen molar-refractivity contribution in [3.05, 3.63) is 0 Å². The van der Waals surface area contributed by atoms with E-state index >= 15 is 0 Å². The maximum absolute atomic E-state index is 12.2. The molecule has 0 aromatic rings. The molecule has 1 N–H and O–H groups in total. The van der Waals surface area contributed by atoms with Crippen molar-refractivity contribution in [3.8, 4) is 0 Å². The van der Waals surface area contributed by atoms with Gasteiger partial charge in [0.2, 0.25) is 0 Å². The van der Waals surface area contributed by atoms with E-state index in [1.54, 1.807) is 0 Å². The van der Waals surface area contributed by atoms with Crippen molar-refractivity contribution >= 4 is 7.60 Å². The summed E-state index contributed by atoms with van der Waals surface area (Å²) in [6, 6.07) is 0. The molecular weight excluding hydrogens is 339 g/mol. The number of hydrogen-bond donors (Lipinski definition) is 1. The Kier molecular flexibility index (Phi) is 17.5. The summed E-state index contributed by atoms with van der Waals surface area (Å²) >= 11 is 0. The van der Waals surface area contributed by atoms with Gasteiger partial charge < -0.3 is 18.9 Å². The Bertz CT molecular complexity index is 325. The van der Waals surface area contributed by atoms with Gasteiger partial charge in [-0.2, -0.15) is 0 Å². The van der Waals surface area contributed by atoms with Crippen LogP contribution in [-0.2, 0) is 18.6 Å². The first-order valence-electron chi connectivity index (χ1n) is 10.2. The molecule has 25 heavy (non-hydrogen) atoms. The highest BCUT2D eigenvalue weighted by atomic mass is 31.2. The van der Waals surface area contributed by atoms with Crippen LogP contribution in [0.3, 0.4) is 0 Å². The van der Waals surface area contributed by atoms with E-state index in [9.17, 15) is 9.46 Å². The predicted molar refractivity (Wildman–Crippen MR) is 104 cm³/mol. The standard InChI is InChI=1S/C19H41O5P/c1-4-7-10-11-12-13-16-25(20,21)24-18-19(23-15-9-6-3)17-22-14-8-5-2/h19H,4-18H2,1-3H3,(H,20,21)/t19-/m1/s1. The predicted octanol–water partition coefficient (Wildman–Crippen LogP) is 5.55. The van der Waals surface area contributed by atoms with Crippen LogP contribution in [0.25, 0.3) is 0 Å². The molecule has 2 atom stereocenters. The van der Waals surface area contributed by atoms with Gasteiger partial charge in [-0.05, 0) is 19.3 Å². The van der Waals surface area contributed by atoms with Crippen LogP contribution < -0.4 is 0 Å². The third-order valence-corrected chi connectivity index (χ3v) is 5.49. The van der Waals surface area contributed by atoms with Crippen molar-refractivity contribution in [2.75, 3.05) is 32.6 Å². The van der Waals surface area contributed by atoms with Gasteiger partial charge >= 0.3 is 7.60 Å². The molecule has 0 aliphatic rings. The molecule has 0 aliphatic carbocycles. The minimum Gasteiger partial charge on any atom is -0.379 e. The van der Waals surface area contributed by atoms with Crippen LogP contribution in [0, 0.1) is 0 Å². The van der Waals surface area contributed by atoms with E-state index in [0.717, 1.165) is 44.9 Å². The summed E-state index contributed by atoms with van der Waals surface area (Å²) in [4.78, 5) is 9.98. The second-order valence-electron chi connectivity index (χ2n) is 6.70. The monoisotopic (exact) mass is 380 g/mol. The highest BCUT2D eigenvalue weighted by Crippen LogP contribution is 2.43. The topological polar surface area (TPSA) is 65.0 Å². The summed E-state index contributed by atoms with van der Waals surface area (Å²) in [7, 11) is -3.52. The molecule has 0 amide bonds. The summed E-state index contributed by atoms with van der Waals surface area (Å²) in [5.41, 5.74) is 0. The lowest BCUT2D eigenvalue weighted by atomic mass is 10.1. The molecule has 6 heteroatoms. The average molecular weight is 381 g/mol. The lowest BCUT2D eigenvalue weighted by Gasteiger charge is -2.20. The third kappa shape index (κ3) is 17.3.